The van der Waals surface area contributed by atoms with Crippen LogP contribution in [0.25, 0.3) is 0 Å². The highest BCUT2D eigenvalue weighted by Crippen LogP contribution is 2.24. The molecule has 2 rings (SSSR count). The Balaban J connectivity index is 2.18. The molecule has 1 saturated heterocycles. The Bertz CT molecular complexity index is 312. The maximum Gasteiger partial charge on any atom is 0.136 e. The third-order valence-corrected chi connectivity index (χ3v) is 3.12. The van der Waals surface area contributed by atoms with Gasteiger partial charge in [0.1, 0.15) is 11.6 Å². The van der Waals surface area contributed by atoms with Crippen molar-refractivity contribution in [2.24, 2.45) is 0 Å². The Labute approximate surface area is 91.1 Å². The topological polar surface area (TPSA) is 42.7 Å². The molecule has 0 unspecified atom stereocenters. The molecule has 1 aliphatic heterocycles. The molecule has 1 aromatic rings. The van der Waals surface area contributed by atoms with Crippen molar-refractivity contribution < 1.29 is 0 Å². The molecule has 0 aliphatic carbocycles. The molecule has 1 aliphatic rings. The molecule has 4 heteroatoms. The maximum atomic E-state index is 4.34. The van der Waals surface area contributed by atoms with Gasteiger partial charge in [-0.3, -0.25) is 0 Å². The van der Waals surface area contributed by atoms with Crippen LogP contribution in [0.4, 0.5) is 0 Å². The fourth-order valence-corrected chi connectivity index (χ4v) is 2.28. The normalized spacial score (nSPS) is 18.3. The first kappa shape index (κ1) is 10.6. The van der Waals surface area contributed by atoms with E-state index in [4.69, 9.17) is 0 Å². The second kappa shape index (κ2) is 4.75. The van der Waals surface area contributed by atoms with Gasteiger partial charge in [0, 0.05) is 12.5 Å². The van der Waals surface area contributed by atoms with Crippen molar-refractivity contribution in [2.75, 3.05) is 13.1 Å². The second-order valence-electron chi connectivity index (χ2n) is 4.28. The van der Waals surface area contributed by atoms with E-state index in [9.17, 15) is 0 Å². The fraction of sp³-hybridized carbons (Fsp3) is 0.818. The van der Waals surface area contributed by atoms with Crippen LogP contribution < -0.4 is 5.32 Å². The van der Waals surface area contributed by atoms with Crippen LogP contribution in [-0.2, 0) is 6.54 Å². The van der Waals surface area contributed by atoms with Crippen molar-refractivity contribution in [2.45, 2.75) is 45.6 Å². The summed E-state index contributed by atoms with van der Waals surface area (Å²) in [4.78, 5) is 0. The number of hydrogen-bond acceptors (Lipinski definition) is 3. The lowest BCUT2D eigenvalue weighted by atomic mass is 9.97. The SMILES string of the molecule is CCCn1c(C)nnc1C1CCNCC1. The molecule has 1 fully saturated rings. The summed E-state index contributed by atoms with van der Waals surface area (Å²) in [5.41, 5.74) is 0. The van der Waals surface area contributed by atoms with Crippen LogP contribution >= 0.6 is 0 Å². The molecule has 0 amide bonds. The minimum atomic E-state index is 0.610. The predicted octanol–water partition coefficient (Wildman–Crippen LogP) is 1.46. The molecule has 4 nitrogen and oxygen atoms in total. The number of rotatable bonds is 3. The average molecular weight is 208 g/mol. The number of piperidine rings is 1. The van der Waals surface area contributed by atoms with Gasteiger partial charge in [-0.15, -0.1) is 10.2 Å². The number of nitrogens with zero attached hydrogens (tertiary/aromatic N) is 3. The first-order valence-corrected chi connectivity index (χ1v) is 5.93. The second-order valence-corrected chi connectivity index (χ2v) is 4.28. The maximum absolute atomic E-state index is 4.34. The van der Waals surface area contributed by atoms with Crippen LogP contribution in [-0.4, -0.2) is 27.9 Å². The molecule has 0 bridgehead atoms. The highest BCUT2D eigenvalue weighted by molar-refractivity contribution is 5.02. The summed E-state index contributed by atoms with van der Waals surface area (Å²) in [6, 6.07) is 0. The van der Waals surface area contributed by atoms with Gasteiger partial charge in [-0.25, -0.2) is 0 Å². The number of hydrogen-bond donors (Lipinski definition) is 1. The lowest BCUT2D eigenvalue weighted by Crippen LogP contribution is -2.28. The minimum Gasteiger partial charge on any atom is -0.317 e. The quantitative estimate of drug-likeness (QED) is 0.818. The lowest BCUT2D eigenvalue weighted by molar-refractivity contribution is 0.427. The predicted molar refractivity (Wildman–Crippen MR) is 59.9 cm³/mol. The molecule has 0 spiro atoms. The third-order valence-electron chi connectivity index (χ3n) is 3.12. The first-order valence-electron chi connectivity index (χ1n) is 5.93. The zero-order valence-electron chi connectivity index (χ0n) is 9.66. The number of nitrogens with one attached hydrogen (secondary N) is 1. The van der Waals surface area contributed by atoms with Gasteiger partial charge in [-0.1, -0.05) is 6.92 Å². The van der Waals surface area contributed by atoms with Crippen LogP contribution in [0.1, 0.15) is 43.8 Å². The third kappa shape index (κ3) is 2.20. The van der Waals surface area contributed by atoms with Gasteiger partial charge >= 0.3 is 0 Å². The standard InChI is InChI=1S/C11H20N4/c1-3-8-15-9(2)13-14-11(15)10-4-6-12-7-5-10/h10,12H,3-8H2,1-2H3. The van der Waals surface area contributed by atoms with E-state index in [0.29, 0.717) is 5.92 Å². The van der Waals surface area contributed by atoms with Gasteiger partial charge in [0.15, 0.2) is 0 Å². The van der Waals surface area contributed by atoms with Crippen molar-refractivity contribution in [3.63, 3.8) is 0 Å². The van der Waals surface area contributed by atoms with Gasteiger partial charge in [0.25, 0.3) is 0 Å². The van der Waals surface area contributed by atoms with Crippen LogP contribution in [0.5, 0.6) is 0 Å². The van der Waals surface area contributed by atoms with Crippen LogP contribution in [0.3, 0.4) is 0 Å². The number of aryl methyl sites for hydroxylation is 1. The molecule has 0 aromatic carbocycles. The molecule has 0 saturated carbocycles. The molecular weight excluding hydrogens is 188 g/mol. The summed E-state index contributed by atoms with van der Waals surface area (Å²) in [6.07, 6.45) is 3.54. The van der Waals surface area contributed by atoms with Crippen molar-refractivity contribution >= 4 is 0 Å². The van der Waals surface area contributed by atoms with Crippen LogP contribution in [0.2, 0.25) is 0 Å². The van der Waals surface area contributed by atoms with E-state index in [1.165, 1.54) is 18.7 Å². The Kier molecular flexibility index (Phi) is 3.36. The molecule has 1 aromatic heterocycles. The summed E-state index contributed by atoms with van der Waals surface area (Å²) < 4.78 is 2.29. The van der Waals surface area contributed by atoms with Gasteiger partial charge in [0.05, 0.1) is 0 Å². The summed E-state index contributed by atoms with van der Waals surface area (Å²) in [5, 5.41) is 11.9. The zero-order chi connectivity index (χ0) is 10.7. The van der Waals surface area contributed by atoms with Gasteiger partial charge in [-0.05, 0) is 39.3 Å². The summed E-state index contributed by atoms with van der Waals surface area (Å²) >= 11 is 0. The van der Waals surface area contributed by atoms with E-state index in [-0.39, 0.29) is 0 Å². The smallest absolute Gasteiger partial charge is 0.136 e. The van der Waals surface area contributed by atoms with Gasteiger partial charge < -0.3 is 9.88 Å². The summed E-state index contributed by atoms with van der Waals surface area (Å²) in [6.45, 7) is 7.53. The monoisotopic (exact) mass is 208 g/mol. The molecule has 84 valence electrons. The van der Waals surface area contributed by atoms with Gasteiger partial charge in [-0.2, -0.15) is 0 Å². The number of aromatic nitrogens is 3. The Morgan fingerprint density at radius 2 is 2.07 bits per heavy atom. The highest BCUT2D eigenvalue weighted by atomic mass is 15.3. The van der Waals surface area contributed by atoms with E-state index >= 15 is 0 Å². The van der Waals surface area contributed by atoms with E-state index < -0.39 is 0 Å². The van der Waals surface area contributed by atoms with Gasteiger partial charge in [0.2, 0.25) is 0 Å². The van der Waals surface area contributed by atoms with E-state index in [1.807, 2.05) is 6.92 Å². The van der Waals surface area contributed by atoms with E-state index in [2.05, 4.69) is 27.0 Å². The Morgan fingerprint density at radius 3 is 2.73 bits per heavy atom. The molecular formula is C11H20N4. The van der Waals surface area contributed by atoms with Crippen molar-refractivity contribution in [1.29, 1.82) is 0 Å². The van der Waals surface area contributed by atoms with Crippen LogP contribution in [0.15, 0.2) is 0 Å². The van der Waals surface area contributed by atoms with E-state index in [0.717, 1.165) is 31.9 Å². The highest BCUT2D eigenvalue weighted by Gasteiger charge is 2.21. The van der Waals surface area contributed by atoms with Crippen molar-refractivity contribution in [1.82, 2.24) is 20.1 Å². The molecule has 15 heavy (non-hydrogen) atoms. The summed E-state index contributed by atoms with van der Waals surface area (Å²) in [7, 11) is 0. The van der Waals surface area contributed by atoms with E-state index in [1.54, 1.807) is 0 Å². The summed E-state index contributed by atoms with van der Waals surface area (Å²) in [5.74, 6) is 2.88. The zero-order valence-corrected chi connectivity index (χ0v) is 9.66. The first-order chi connectivity index (χ1) is 7.33. The molecule has 0 atom stereocenters. The Morgan fingerprint density at radius 1 is 1.33 bits per heavy atom. The largest absolute Gasteiger partial charge is 0.317 e. The van der Waals surface area contributed by atoms with Crippen LogP contribution in [0, 0.1) is 6.92 Å². The van der Waals surface area contributed by atoms with Crippen molar-refractivity contribution in [3.8, 4) is 0 Å². The fourth-order valence-electron chi connectivity index (χ4n) is 2.28. The molecule has 0 radical (unpaired) electrons. The molecule has 2 heterocycles. The average Bonchev–Trinajstić information content (AvgIpc) is 2.63. The van der Waals surface area contributed by atoms with Crippen molar-refractivity contribution in [3.05, 3.63) is 11.6 Å². The molecule has 1 N–H and O–H groups in total. The minimum absolute atomic E-state index is 0.610. The Hall–Kier alpha value is -0.900. The lowest BCUT2D eigenvalue weighted by Gasteiger charge is -2.22.